The van der Waals surface area contributed by atoms with Gasteiger partial charge < -0.3 is 19.5 Å². The molecule has 31 heavy (non-hydrogen) atoms. The van der Waals surface area contributed by atoms with Crippen LogP contribution in [0.25, 0.3) is 0 Å². The maximum Gasteiger partial charge on any atom is 0.255 e. The Bertz CT molecular complexity index is 1050. The lowest BCUT2D eigenvalue weighted by Crippen LogP contribution is -2.18. The maximum atomic E-state index is 12.9. The predicted octanol–water partition coefficient (Wildman–Crippen LogP) is 5.49. The van der Waals surface area contributed by atoms with Crippen LogP contribution in [0, 0.1) is 6.92 Å². The van der Waals surface area contributed by atoms with Gasteiger partial charge in [-0.25, -0.2) is 4.98 Å². The topological polar surface area (TPSA) is 69.7 Å². The number of thiazole rings is 1. The molecule has 0 spiro atoms. The second-order valence-electron chi connectivity index (χ2n) is 7.22. The molecular formula is C23H23ClN2O4S. The first-order valence-corrected chi connectivity index (χ1v) is 11.3. The second kappa shape index (κ2) is 10.1. The molecule has 4 rings (SSSR count). The zero-order valence-corrected chi connectivity index (χ0v) is 18.7. The van der Waals surface area contributed by atoms with Gasteiger partial charge in [-0.1, -0.05) is 17.7 Å². The Hall–Kier alpha value is -2.61. The molecule has 0 radical (unpaired) electrons. The minimum absolute atomic E-state index is 0.0783. The van der Waals surface area contributed by atoms with Crippen molar-refractivity contribution in [1.82, 2.24) is 4.98 Å². The Kier molecular flexibility index (Phi) is 7.06. The van der Waals surface area contributed by atoms with Gasteiger partial charge in [0.15, 0.2) is 0 Å². The number of hydrogen-bond acceptors (Lipinski definition) is 6. The number of nitrogens with zero attached hydrogens (tertiary/aromatic N) is 1. The third kappa shape index (κ3) is 5.97. The molecule has 2 aromatic carbocycles. The normalized spacial score (nSPS) is 15.6. The van der Waals surface area contributed by atoms with E-state index < -0.39 is 0 Å². The highest BCUT2D eigenvalue weighted by Gasteiger charge is 2.18. The number of amides is 1. The molecule has 6 nitrogen and oxygen atoms in total. The fourth-order valence-electron chi connectivity index (χ4n) is 3.24. The number of carbonyl (C=O) groups excluding carboxylic acids is 1. The van der Waals surface area contributed by atoms with Crippen LogP contribution >= 0.6 is 22.9 Å². The van der Waals surface area contributed by atoms with Crippen LogP contribution in [0.5, 0.6) is 11.5 Å². The van der Waals surface area contributed by atoms with Gasteiger partial charge in [0.2, 0.25) is 0 Å². The molecule has 1 aliphatic rings. The molecule has 1 amide bonds. The standard InChI is InChI=1S/C23H23ClN2O4S/c1-15-25-18(14-31-15)12-29-19-5-2-4-16(10-19)23(27)26-21-11-17(24)7-8-22(21)30-13-20-6-3-9-28-20/h2,4-5,7-8,10-11,14,20H,3,6,9,12-13H2,1H3,(H,26,27). The zero-order valence-electron chi connectivity index (χ0n) is 17.1. The fraction of sp³-hybridized carbons (Fsp3) is 0.304. The van der Waals surface area contributed by atoms with Gasteiger partial charge in [-0.05, 0) is 56.2 Å². The van der Waals surface area contributed by atoms with E-state index in [0.717, 1.165) is 30.2 Å². The van der Waals surface area contributed by atoms with E-state index in [-0.39, 0.29) is 12.0 Å². The predicted molar refractivity (Wildman–Crippen MR) is 121 cm³/mol. The lowest BCUT2D eigenvalue weighted by Gasteiger charge is -2.16. The van der Waals surface area contributed by atoms with Crippen molar-refractivity contribution in [2.24, 2.45) is 0 Å². The molecular weight excluding hydrogens is 436 g/mol. The molecule has 1 aromatic heterocycles. The van der Waals surface area contributed by atoms with E-state index in [1.807, 2.05) is 18.4 Å². The third-order valence-electron chi connectivity index (χ3n) is 4.79. The molecule has 1 saturated heterocycles. The average Bonchev–Trinajstić information content (AvgIpc) is 3.43. The van der Waals surface area contributed by atoms with Crippen molar-refractivity contribution in [3.63, 3.8) is 0 Å². The highest BCUT2D eigenvalue weighted by Crippen LogP contribution is 2.29. The van der Waals surface area contributed by atoms with Crippen LogP contribution in [0.15, 0.2) is 47.8 Å². The van der Waals surface area contributed by atoms with E-state index in [1.54, 1.807) is 47.7 Å². The highest BCUT2D eigenvalue weighted by atomic mass is 35.5. The zero-order chi connectivity index (χ0) is 21.6. The molecule has 1 atom stereocenters. The number of ether oxygens (including phenoxy) is 3. The minimum Gasteiger partial charge on any atom is -0.489 e. The van der Waals surface area contributed by atoms with Gasteiger partial charge in [-0.3, -0.25) is 4.79 Å². The van der Waals surface area contributed by atoms with E-state index in [9.17, 15) is 4.79 Å². The molecule has 1 aliphatic heterocycles. The van der Waals surface area contributed by atoms with Crippen LogP contribution < -0.4 is 14.8 Å². The van der Waals surface area contributed by atoms with Crippen LogP contribution in [-0.4, -0.2) is 30.2 Å². The first-order chi connectivity index (χ1) is 15.1. The summed E-state index contributed by atoms with van der Waals surface area (Å²) in [4.78, 5) is 17.2. The lowest BCUT2D eigenvalue weighted by atomic mass is 10.2. The van der Waals surface area contributed by atoms with Gasteiger partial charge in [-0.2, -0.15) is 0 Å². The quantitative estimate of drug-likeness (QED) is 0.483. The van der Waals surface area contributed by atoms with Crippen LogP contribution in [0.2, 0.25) is 5.02 Å². The van der Waals surface area contributed by atoms with Crippen molar-refractivity contribution in [3.05, 3.63) is 69.1 Å². The molecule has 0 aliphatic carbocycles. The lowest BCUT2D eigenvalue weighted by molar-refractivity contribution is 0.0682. The molecule has 1 unspecified atom stereocenters. The summed E-state index contributed by atoms with van der Waals surface area (Å²) < 4.78 is 17.3. The third-order valence-corrected chi connectivity index (χ3v) is 5.85. The summed E-state index contributed by atoms with van der Waals surface area (Å²) in [5.41, 5.74) is 1.85. The summed E-state index contributed by atoms with van der Waals surface area (Å²) in [6.07, 6.45) is 2.09. The molecule has 0 bridgehead atoms. The summed E-state index contributed by atoms with van der Waals surface area (Å²) in [7, 11) is 0. The van der Waals surface area contributed by atoms with Gasteiger partial charge in [0.1, 0.15) is 24.7 Å². The number of carbonyl (C=O) groups is 1. The van der Waals surface area contributed by atoms with Gasteiger partial charge in [0, 0.05) is 22.6 Å². The molecule has 2 heterocycles. The average molecular weight is 459 g/mol. The number of halogens is 1. The molecule has 8 heteroatoms. The number of aryl methyl sites for hydroxylation is 1. The molecule has 0 saturated carbocycles. The number of hydrogen-bond donors (Lipinski definition) is 1. The van der Waals surface area contributed by atoms with Gasteiger partial charge >= 0.3 is 0 Å². The van der Waals surface area contributed by atoms with Crippen LogP contribution in [-0.2, 0) is 11.3 Å². The van der Waals surface area contributed by atoms with E-state index in [4.69, 9.17) is 25.8 Å². The number of benzene rings is 2. The first-order valence-electron chi connectivity index (χ1n) is 10.1. The van der Waals surface area contributed by atoms with E-state index >= 15 is 0 Å². The Morgan fingerprint density at radius 3 is 2.97 bits per heavy atom. The van der Waals surface area contributed by atoms with Crippen molar-refractivity contribution in [3.8, 4) is 11.5 Å². The summed E-state index contributed by atoms with van der Waals surface area (Å²) in [6.45, 7) is 3.50. The SMILES string of the molecule is Cc1nc(COc2cccc(C(=O)Nc3cc(Cl)ccc3OCC3CCCO3)c2)cs1. The summed E-state index contributed by atoms with van der Waals surface area (Å²) in [6, 6.07) is 12.2. The Labute approximate surface area is 190 Å². The Morgan fingerprint density at radius 1 is 1.29 bits per heavy atom. The van der Waals surface area contributed by atoms with Gasteiger partial charge in [-0.15, -0.1) is 11.3 Å². The monoisotopic (exact) mass is 458 g/mol. The van der Waals surface area contributed by atoms with Crippen LogP contribution in [0.3, 0.4) is 0 Å². The van der Waals surface area contributed by atoms with Gasteiger partial charge in [0.05, 0.1) is 22.5 Å². The van der Waals surface area contributed by atoms with Crippen LogP contribution in [0.1, 0.15) is 33.9 Å². The summed E-state index contributed by atoms with van der Waals surface area (Å²) in [5, 5.41) is 6.35. The number of aromatic nitrogens is 1. The molecule has 1 fully saturated rings. The Morgan fingerprint density at radius 2 is 2.19 bits per heavy atom. The van der Waals surface area contributed by atoms with Gasteiger partial charge in [0.25, 0.3) is 5.91 Å². The van der Waals surface area contributed by atoms with E-state index in [2.05, 4.69) is 10.3 Å². The summed E-state index contributed by atoms with van der Waals surface area (Å²) >= 11 is 7.72. The van der Waals surface area contributed by atoms with Crippen molar-refractivity contribution < 1.29 is 19.0 Å². The molecule has 3 aromatic rings. The molecule has 162 valence electrons. The van der Waals surface area contributed by atoms with Crippen molar-refractivity contribution in [2.45, 2.75) is 32.5 Å². The Balaban J connectivity index is 1.42. The van der Waals surface area contributed by atoms with Crippen molar-refractivity contribution in [1.29, 1.82) is 0 Å². The maximum absolute atomic E-state index is 12.9. The largest absolute Gasteiger partial charge is 0.489 e. The highest BCUT2D eigenvalue weighted by molar-refractivity contribution is 7.09. The summed E-state index contributed by atoms with van der Waals surface area (Å²) in [5.74, 6) is 0.873. The van der Waals surface area contributed by atoms with E-state index in [0.29, 0.717) is 41.0 Å². The van der Waals surface area contributed by atoms with E-state index in [1.165, 1.54) is 0 Å². The number of nitrogens with one attached hydrogen (secondary N) is 1. The smallest absolute Gasteiger partial charge is 0.255 e. The minimum atomic E-state index is -0.279. The fourth-order valence-corrected chi connectivity index (χ4v) is 4.01. The van der Waals surface area contributed by atoms with Crippen molar-refractivity contribution >= 4 is 34.5 Å². The molecule has 1 N–H and O–H groups in total. The van der Waals surface area contributed by atoms with Crippen LogP contribution in [0.4, 0.5) is 5.69 Å². The number of anilines is 1. The number of rotatable bonds is 8. The van der Waals surface area contributed by atoms with Crippen molar-refractivity contribution in [2.75, 3.05) is 18.5 Å². The second-order valence-corrected chi connectivity index (χ2v) is 8.71. The first kappa shape index (κ1) is 21.6.